The Morgan fingerprint density at radius 1 is 1.23 bits per heavy atom. The number of carbonyl (C=O) groups excluding carboxylic acids is 1. The summed E-state index contributed by atoms with van der Waals surface area (Å²) in [7, 11) is -1.40. The third-order valence-electron chi connectivity index (χ3n) is 4.80. The van der Waals surface area contributed by atoms with E-state index in [1.54, 1.807) is 13.2 Å². The molecular formula is C18H23N3O4S. The minimum absolute atomic E-state index is 0.0101. The summed E-state index contributed by atoms with van der Waals surface area (Å²) in [5.74, 6) is 0.494. The number of nitrogens with one attached hydrogen (secondary N) is 2. The number of H-pyrrole nitrogens is 1. The largest absolute Gasteiger partial charge is 0.497 e. The number of amides is 1. The Kier molecular flexibility index (Phi) is 5.31. The van der Waals surface area contributed by atoms with E-state index < -0.39 is 9.84 Å². The number of nitrogens with zero attached hydrogens (tertiary/aromatic N) is 1. The predicted octanol–water partition coefficient (Wildman–Crippen LogP) is 2.17. The van der Waals surface area contributed by atoms with E-state index in [0.717, 1.165) is 11.3 Å². The van der Waals surface area contributed by atoms with Crippen LogP contribution >= 0.6 is 0 Å². The van der Waals surface area contributed by atoms with Crippen molar-refractivity contribution in [2.75, 3.05) is 13.4 Å². The molecule has 0 unspecified atom stereocenters. The second kappa shape index (κ2) is 7.49. The van der Waals surface area contributed by atoms with Gasteiger partial charge in [-0.15, -0.1) is 0 Å². The molecule has 0 atom stereocenters. The highest BCUT2D eigenvalue weighted by Crippen LogP contribution is 2.25. The highest BCUT2D eigenvalue weighted by atomic mass is 32.2. The van der Waals surface area contributed by atoms with Crippen LogP contribution in [0, 0.1) is 0 Å². The van der Waals surface area contributed by atoms with Crippen LogP contribution in [0.1, 0.15) is 36.2 Å². The van der Waals surface area contributed by atoms with Crippen LogP contribution in [0.4, 0.5) is 0 Å². The average molecular weight is 377 g/mol. The van der Waals surface area contributed by atoms with Crippen molar-refractivity contribution in [3.05, 3.63) is 36.0 Å². The predicted molar refractivity (Wildman–Crippen MR) is 98.9 cm³/mol. The Morgan fingerprint density at radius 3 is 2.62 bits per heavy atom. The standard InChI is InChI=1S/C18H23N3O4S/c1-25-14-5-3-4-12(10-14)16-11-17(21-20-16)18(22)19-13-6-8-15(9-7-13)26(2,23)24/h3-5,10-11,13,15H,6-9H2,1-2H3,(H,19,22)(H,20,21). The zero-order valence-electron chi connectivity index (χ0n) is 14.9. The Balaban J connectivity index is 1.62. The first-order valence-electron chi connectivity index (χ1n) is 8.56. The van der Waals surface area contributed by atoms with Gasteiger partial charge in [-0.2, -0.15) is 5.10 Å². The molecule has 7 nitrogen and oxygen atoms in total. The second-order valence-corrected chi connectivity index (χ2v) is 9.00. The third-order valence-corrected chi connectivity index (χ3v) is 6.49. The molecule has 1 amide bonds. The summed E-state index contributed by atoms with van der Waals surface area (Å²) in [4.78, 5) is 12.4. The maximum atomic E-state index is 12.4. The lowest BCUT2D eigenvalue weighted by Gasteiger charge is -2.27. The van der Waals surface area contributed by atoms with Crippen LogP contribution < -0.4 is 10.1 Å². The molecule has 1 aliphatic rings. The first-order valence-corrected chi connectivity index (χ1v) is 10.5. The Bertz CT molecular complexity index is 883. The summed E-state index contributed by atoms with van der Waals surface area (Å²) in [5.41, 5.74) is 1.90. The van der Waals surface area contributed by atoms with Crippen LogP contribution in [-0.2, 0) is 9.84 Å². The number of sulfone groups is 1. The maximum Gasteiger partial charge on any atom is 0.269 e. The molecule has 3 rings (SSSR count). The molecular weight excluding hydrogens is 354 g/mol. The lowest BCUT2D eigenvalue weighted by atomic mass is 9.95. The molecule has 8 heteroatoms. The SMILES string of the molecule is COc1cccc(-c2cc(C(=O)NC3CCC(S(C)(=O)=O)CC3)[nH]n2)c1. The van der Waals surface area contributed by atoms with Crippen molar-refractivity contribution >= 4 is 15.7 Å². The van der Waals surface area contributed by atoms with Gasteiger partial charge in [0.15, 0.2) is 0 Å². The van der Waals surface area contributed by atoms with Crippen molar-refractivity contribution in [1.82, 2.24) is 15.5 Å². The summed E-state index contributed by atoms with van der Waals surface area (Å²) >= 11 is 0. The summed E-state index contributed by atoms with van der Waals surface area (Å²) in [6, 6.07) is 9.15. The molecule has 0 bridgehead atoms. The minimum atomic E-state index is -3.00. The minimum Gasteiger partial charge on any atom is -0.497 e. The number of rotatable bonds is 5. The molecule has 2 aromatic rings. The van der Waals surface area contributed by atoms with Crippen molar-refractivity contribution in [2.45, 2.75) is 37.0 Å². The van der Waals surface area contributed by atoms with Gasteiger partial charge >= 0.3 is 0 Å². The van der Waals surface area contributed by atoms with Gasteiger partial charge in [0.25, 0.3) is 5.91 Å². The van der Waals surface area contributed by atoms with E-state index >= 15 is 0 Å². The van der Waals surface area contributed by atoms with E-state index in [2.05, 4.69) is 15.5 Å². The number of ether oxygens (including phenoxy) is 1. The van der Waals surface area contributed by atoms with Gasteiger partial charge in [-0.3, -0.25) is 9.89 Å². The first-order chi connectivity index (χ1) is 12.4. The van der Waals surface area contributed by atoms with Crippen molar-refractivity contribution in [3.63, 3.8) is 0 Å². The molecule has 140 valence electrons. The van der Waals surface area contributed by atoms with Gasteiger partial charge in [0.2, 0.25) is 0 Å². The lowest BCUT2D eigenvalue weighted by molar-refractivity contribution is 0.0923. The number of hydrogen-bond acceptors (Lipinski definition) is 5. The van der Waals surface area contributed by atoms with Crippen LogP contribution in [0.2, 0.25) is 0 Å². The number of aromatic nitrogens is 2. The molecule has 1 heterocycles. The van der Waals surface area contributed by atoms with E-state index in [9.17, 15) is 13.2 Å². The number of hydrogen-bond donors (Lipinski definition) is 2. The van der Waals surface area contributed by atoms with Gasteiger partial charge in [0.1, 0.15) is 21.3 Å². The molecule has 2 N–H and O–H groups in total. The molecule has 1 aliphatic carbocycles. The van der Waals surface area contributed by atoms with Crippen molar-refractivity contribution in [1.29, 1.82) is 0 Å². The monoisotopic (exact) mass is 377 g/mol. The van der Waals surface area contributed by atoms with Crippen molar-refractivity contribution in [3.8, 4) is 17.0 Å². The number of carbonyl (C=O) groups is 1. The zero-order chi connectivity index (χ0) is 18.7. The van der Waals surface area contributed by atoms with Gasteiger partial charge in [-0.25, -0.2) is 8.42 Å². The number of methoxy groups -OCH3 is 1. The second-order valence-electron chi connectivity index (χ2n) is 6.68. The van der Waals surface area contributed by atoms with Gasteiger partial charge in [0, 0.05) is 17.9 Å². The summed E-state index contributed by atoms with van der Waals surface area (Å²) in [6.45, 7) is 0. The molecule has 1 aromatic heterocycles. The van der Waals surface area contributed by atoms with Gasteiger partial charge in [-0.05, 0) is 43.9 Å². The molecule has 0 saturated heterocycles. The van der Waals surface area contributed by atoms with E-state index in [-0.39, 0.29) is 17.2 Å². The maximum absolute atomic E-state index is 12.4. The molecule has 1 aromatic carbocycles. The lowest BCUT2D eigenvalue weighted by Crippen LogP contribution is -2.40. The molecule has 0 spiro atoms. The zero-order valence-corrected chi connectivity index (χ0v) is 15.7. The quantitative estimate of drug-likeness (QED) is 0.832. The average Bonchev–Trinajstić information content (AvgIpc) is 3.12. The fourth-order valence-electron chi connectivity index (χ4n) is 3.27. The molecule has 0 radical (unpaired) electrons. The van der Waals surface area contributed by atoms with Crippen molar-refractivity contribution in [2.24, 2.45) is 0 Å². The van der Waals surface area contributed by atoms with Crippen LogP contribution in [0.5, 0.6) is 5.75 Å². The summed E-state index contributed by atoms with van der Waals surface area (Å²) < 4.78 is 28.4. The number of aromatic amines is 1. The van der Waals surface area contributed by atoms with E-state index in [0.29, 0.717) is 37.1 Å². The highest BCUT2D eigenvalue weighted by Gasteiger charge is 2.28. The smallest absolute Gasteiger partial charge is 0.269 e. The summed E-state index contributed by atoms with van der Waals surface area (Å²) in [6.07, 6.45) is 3.78. The van der Waals surface area contributed by atoms with Gasteiger partial charge in [0.05, 0.1) is 18.1 Å². The molecule has 1 saturated carbocycles. The van der Waals surface area contributed by atoms with Crippen LogP contribution in [-0.4, -0.2) is 49.2 Å². The van der Waals surface area contributed by atoms with Gasteiger partial charge in [-0.1, -0.05) is 12.1 Å². The summed E-state index contributed by atoms with van der Waals surface area (Å²) in [5, 5.41) is 9.64. The topological polar surface area (TPSA) is 101 Å². The Morgan fingerprint density at radius 2 is 1.96 bits per heavy atom. The van der Waals surface area contributed by atoms with Crippen LogP contribution in [0.25, 0.3) is 11.3 Å². The highest BCUT2D eigenvalue weighted by molar-refractivity contribution is 7.91. The van der Waals surface area contributed by atoms with Crippen molar-refractivity contribution < 1.29 is 17.9 Å². The first kappa shape index (κ1) is 18.4. The van der Waals surface area contributed by atoms with Crippen LogP contribution in [0.3, 0.4) is 0 Å². The van der Waals surface area contributed by atoms with E-state index in [1.807, 2.05) is 24.3 Å². The molecule has 0 aliphatic heterocycles. The van der Waals surface area contributed by atoms with E-state index in [4.69, 9.17) is 4.74 Å². The third kappa shape index (κ3) is 4.24. The molecule has 1 fully saturated rings. The van der Waals surface area contributed by atoms with Crippen LogP contribution in [0.15, 0.2) is 30.3 Å². The fourth-order valence-corrected chi connectivity index (χ4v) is 4.40. The Hall–Kier alpha value is -2.35. The fraction of sp³-hybridized carbons (Fsp3) is 0.444. The normalized spacial score (nSPS) is 20.5. The Labute approximate surface area is 153 Å². The van der Waals surface area contributed by atoms with E-state index in [1.165, 1.54) is 6.26 Å². The molecule has 26 heavy (non-hydrogen) atoms. The van der Waals surface area contributed by atoms with Gasteiger partial charge < -0.3 is 10.1 Å². The number of benzene rings is 1.